The average molecular weight is 378 g/mol. The standard InChI is InChI=1S/C20H24ClNO4/c1-22(13-15-7-5-6-8-16(15)21)19(23)10-9-14-11-17(24-2)20(26-4)18(12-14)25-3/h5-8,11-12H,9-10,13H2,1-4H3. The predicted molar refractivity (Wildman–Crippen MR) is 102 cm³/mol. The van der Waals surface area contributed by atoms with Gasteiger partial charge in [-0.2, -0.15) is 0 Å². The van der Waals surface area contributed by atoms with Crippen molar-refractivity contribution < 1.29 is 19.0 Å². The van der Waals surface area contributed by atoms with E-state index in [1.165, 1.54) is 0 Å². The first-order valence-electron chi connectivity index (χ1n) is 8.26. The second kappa shape index (κ2) is 9.34. The Kier molecular flexibility index (Phi) is 7.16. The minimum absolute atomic E-state index is 0.0404. The summed E-state index contributed by atoms with van der Waals surface area (Å²) < 4.78 is 16.0. The number of hydrogen-bond acceptors (Lipinski definition) is 4. The summed E-state index contributed by atoms with van der Waals surface area (Å²) in [5.41, 5.74) is 1.87. The van der Waals surface area contributed by atoms with Crippen molar-refractivity contribution in [3.63, 3.8) is 0 Å². The summed E-state index contributed by atoms with van der Waals surface area (Å²) in [7, 11) is 6.49. The van der Waals surface area contributed by atoms with Gasteiger partial charge < -0.3 is 19.1 Å². The van der Waals surface area contributed by atoms with Crippen LogP contribution in [-0.4, -0.2) is 39.2 Å². The second-order valence-electron chi connectivity index (χ2n) is 5.87. The molecule has 2 rings (SSSR count). The van der Waals surface area contributed by atoms with E-state index in [9.17, 15) is 4.79 Å². The number of amides is 1. The third kappa shape index (κ3) is 4.82. The van der Waals surface area contributed by atoms with Crippen LogP contribution in [0.2, 0.25) is 5.02 Å². The molecular weight excluding hydrogens is 354 g/mol. The fraction of sp³-hybridized carbons (Fsp3) is 0.350. The molecule has 0 aromatic heterocycles. The first kappa shape index (κ1) is 19.9. The molecule has 1 amide bonds. The molecule has 0 spiro atoms. The lowest BCUT2D eigenvalue weighted by molar-refractivity contribution is -0.130. The zero-order chi connectivity index (χ0) is 19.1. The summed E-state index contributed by atoms with van der Waals surface area (Å²) in [6.07, 6.45) is 0.946. The summed E-state index contributed by atoms with van der Waals surface area (Å²) in [5.74, 6) is 1.75. The molecule has 2 aromatic rings. The van der Waals surface area contributed by atoms with Gasteiger partial charge in [0.05, 0.1) is 21.3 Å². The van der Waals surface area contributed by atoms with Crippen molar-refractivity contribution in [3.8, 4) is 17.2 Å². The average Bonchev–Trinajstić information content (AvgIpc) is 2.66. The third-order valence-electron chi connectivity index (χ3n) is 4.14. The van der Waals surface area contributed by atoms with Gasteiger partial charge in [-0.15, -0.1) is 0 Å². The number of halogens is 1. The fourth-order valence-corrected chi connectivity index (χ4v) is 2.89. The van der Waals surface area contributed by atoms with E-state index in [1.807, 2.05) is 36.4 Å². The van der Waals surface area contributed by atoms with E-state index in [1.54, 1.807) is 33.3 Å². The number of carbonyl (C=O) groups is 1. The summed E-state index contributed by atoms with van der Waals surface area (Å²) in [4.78, 5) is 14.1. The van der Waals surface area contributed by atoms with Crippen molar-refractivity contribution in [2.75, 3.05) is 28.4 Å². The van der Waals surface area contributed by atoms with Gasteiger partial charge in [0.1, 0.15) is 0 Å². The fourth-order valence-electron chi connectivity index (χ4n) is 2.69. The number of hydrogen-bond donors (Lipinski definition) is 0. The highest BCUT2D eigenvalue weighted by molar-refractivity contribution is 6.31. The quantitative estimate of drug-likeness (QED) is 0.698. The van der Waals surface area contributed by atoms with Gasteiger partial charge >= 0.3 is 0 Å². The van der Waals surface area contributed by atoms with Crippen LogP contribution in [0.3, 0.4) is 0 Å². The van der Waals surface area contributed by atoms with Crippen LogP contribution in [0.25, 0.3) is 0 Å². The topological polar surface area (TPSA) is 48.0 Å². The summed E-state index contributed by atoms with van der Waals surface area (Å²) in [5, 5.41) is 0.664. The SMILES string of the molecule is COc1cc(CCC(=O)N(C)Cc2ccccc2Cl)cc(OC)c1OC. The molecule has 0 saturated heterocycles. The van der Waals surface area contributed by atoms with Crippen LogP contribution in [0.1, 0.15) is 17.5 Å². The normalized spacial score (nSPS) is 10.3. The van der Waals surface area contributed by atoms with E-state index in [0.717, 1.165) is 11.1 Å². The van der Waals surface area contributed by atoms with E-state index >= 15 is 0 Å². The van der Waals surface area contributed by atoms with Gasteiger partial charge in [0.15, 0.2) is 11.5 Å². The Morgan fingerprint density at radius 3 is 2.19 bits per heavy atom. The van der Waals surface area contributed by atoms with Gasteiger partial charge in [-0.3, -0.25) is 4.79 Å². The third-order valence-corrected chi connectivity index (χ3v) is 4.51. The summed E-state index contributed by atoms with van der Waals surface area (Å²) in [6, 6.07) is 11.3. The van der Waals surface area contributed by atoms with E-state index in [4.69, 9.17) is 25.8 Å². The van der Waals surface area contributed by atoms with Crippen molar-refractivity contribution in [2.45, 2.75) is 19.4 Å². The molecule has 5 nitrogen and oxygen atoms in total. The Labute approximate surface area is 159 Å². The zero-order valence-corrected chi connectivity index (χ0v) is 16.3. The summed E-state index contributed by atoms with van der Waals surface area (Å²) >= 11 is 6.16. The molecule has 0 bridgehead atoms. The number of methoxy groups -OCH3 is 3. The monoisotopic (exact) mass is 377 g/mol. The van der Waals surface area contributed by atoms with E-state index in [0.29, 0.717) is 41.7 Å². The van der Waals surface area contributed by atoms with Crippen LogP contribution in [-0.2, 0) is 17.8 Å². The number of benzene rings is 2. The molecule has 0 radical (unpaired) electrons. The molecule has 0 fully saturated rings. The van der Waals surface area contributed by atoms with E-state index in [-0.39, 0.29) is 5.91 Å². The van der Waals surface area contributed by atoms with Crippen LogP contribution in [0.4, 0.5) is 0 Å². The van der Waals surface area contributed by atoms with Gasteiger partial charge in [-0.25, -0.2) is 0 Å². The molecule has 0 unspecified atom stereocenters. The molecule has 140 valence electrons. The number of ether oxygens (including phenoxy) is 3. The van der Waals surface area contributed by atoms with Crippen molar-refractivity contribution >= 4 is 17.5 Å². The highest BCUT2D eigenvalue weighted by Gasteiger charge is 2.15. The molecule has 0 N–H and O–H groups in total. The highest BCUT2D eigenvalue weighted by Crippen LogP contribution is 2.38. The number of aryl methyl sites for hydroxylation is 1. The first-order chi connectivity index (χ1) is 12.5. The van der Waals surface area contributed by atoms with Gasteiger partial charge in [-0.05, 0) is 35.7 Å². The maximum atomic E-state index is 12.5. The van der Waals surface area contributed by atoms with Gasteiger partial charge in [0.25, 0.3) is 0 Å². The second-order valence-corrected chi connectivity index (χ2v) is 6.28. The molecule has 0 aliphatic carbocycles. The molecule has 6 heteroatoms. The van der Waals surface area contributed by atoms with E-state index < -0.39 is 0 Å². The van der Waals surface area contributed by atoms with Crippen molar-refractivity contribution in [1.82, 2.24) is 4.90 Å². The molecule has 2 aromatic carbocycles. The molecular formula is C20H24ClNO4. The smallest absolute Gasteiger partial charge is 0.222 e. The van der Waals surface area contributed by atoms with Crippen molar-refractivity contribution in [3.05, 3.63) is 52.5 Å². The molecule has 0 atom stereocenters. The Hall–Kier alpha value is -2.40. The Morgan fingerprint density at radius 1 is 1.04 bits per heavy atom. The predicted octanol–water partition coefficient (Wildman–Crippen LogP) is 3.96. The lowest BCUT2D eigenvalue weighted by Crippen LogP contribution is -2.26. The number of carbonyl (C=O) groups excluding carboxylic acids is 1. The lowest BCUT2D eigenvalue weighted by atomic mass is 10.1. The molecule has 26 heavy (non-hydrogen) atoms. The Morgan fingerprint density at radius 2 is 1.65 bits per heavy atom. The number of nitrogens with zero attached hydrogens (tertiary/aromatic N) is 1. The van der Waals surface area contributed by atoms with Crippen LogP contribution in [0.5, 0.6) is 17.2 Å². The summed E-state index contributed by atoms with van der Waals surface area (Å²) in [6.45, 7) is 0.480. The van der Waals surface area contributed by atoms with Crippen LogP contribution >= 0.6 is 11.6 Å². The maximum absolute atomic E-state index is 12.5. The molecule has 0 aliphatic rings. The van der Waals surface area contributed by atoms with Gasteiger partial charge in [0, 0.05) is 25.0 Å². The molecule has 0 aliphatic heterocycles. The van der Waals surface area contributed by atoms with Crippen LogP contribution in [0.15, 0.2) is 36.4 Å². The first-order valence-corrected chi connectivity index (χ1v) is 8.64. The zero-order valence-electron chi connectivity index (χ0n) is 15.5. The van der Waals surface area contributed by atoms with Crippen LogP contribution < -0.4 is 14.2 Å². The highest BCUT2D eigenvalue weighted by atomic mass is 35.5. The largest absolute Gasteiger partial charge is 0.493 e. The Balaban J connectivity index is 2.03. The van der Waals surface area contributed by atoms with E-state index in [2.05, 4.69) is 0 Å². The number of rotatable bonds is 8. The maximum Gasteiger partial charge on any atom is 0.222 e. The van der Waals surface area contributed by atoms with Gasteiger partial charge in [0.2, 0.25) is 11.7 Å². The minimum atomic E-state index is 0.0404. The van der Waals surface area contributed by atoms with Crippen LogP contribution in [0, 0.1) is 0 Å². The Bertz CT molecular complexity index is 738. The van der Waals surface area contributed by atoms with Gasteiger partial charge in [-0.1, -0.05) is 29.8 Å². The molecule has 0 saturated carbocycles. The minimum Gasteiger partial charge on any atom is -0.493 e. The van der Waals surface area contributed by atoms with Crippen molar-refractivity contribution in [2.24, 2.45) is 0 Å². The molecule has 0 heterocycles. The lowest BCUT2D eigenvalue weighted by Gasteiger charge is -2.18. The van der Waals surface area contributed by atoms with Crippen molar-refractivity contribution in [1.29, 1.82) is 0 Å².